The zero-order valence-electron chi connectivity index (χ0n) is 13.8. The Morgan fingerprint density at radius 3 is 2.92 bits per heavy atom. The second-order valence-corrected chi connectivity index (χ2v) is 6.08. The van der Waals surface area contributed by atoms with Crippen molar-refractivity contribution >= 4 is 22.9 Å². The number of halogens is 1. The van der Waals surface area contributed by atoms with Crippen LogP contribution in [0.5, 0.6) is 0 Å². The van der Waals surface area contributed by atoms with E-state index in [-0.39, 0.29) is 17.8 Å². The third-order valence-corrected chi connectivity index (χ3v) is 3.88. The summed E-state index contributed by atoms with van der Waals surface area (Å²) in [5.74, 6) is -0.748. The molecule has 25 heavy (non-hydrogen) atoms. The number of hydrogen-bond acceptors (Lipinski definition) is 4. The Bertz CT molecular complexity index is 928. The minimum atomic E-state index is -0.646. The van der Waals surface area contributed by atoms with Gasteiger partial charge in [0.05, 0.1) is 12.2 Å². The van der Waals surface area contributed by atoms with Gasteiger partial charge in [-0.2, -0.15) is 0 Å². The molecule has 130 valence electrons. The van der Waals surface area contributed by atoms with Crippen LogP contribution in [0.25, 0.3) is 17.0 Å². The minimum Gasteiger partial charge on any atom is -0.357 e. The van der Waals surface area contributed by atoms with Crippen molar-refractivity contribution in [3.05, 3.63) is 53.7 Å². The summed E-state index contributed by atoms with van der Waals surface area (Å²) in [5.41, 5.74) is 3.61. The number of nitrogens with zero attached hydrogens (tertiary/aromatic N) is 3. The second kappa shape index (κ2) is 6.86. The van der Waals surface area contributed by atoms with E-state index in [4.69, 9.17) is 5.21 Å². The van der Waals surface area contributed by atoms with Crippen molar-refractivity contribution in [3.8, 4) is 0 Å². The summed E-state index contributed by atoms with van der Waals surface area (Å²) in [6, 6.07) is 6.45. The van der Waals surface area contributed by atoms with Crippen LogP contribution < -0.4 is 5.48 Å². The highest BCUT2D eigenvalue weighted by Crippen LogP contribution is 2.28. The lowest BCUT2D eigenvalue weighted by Gasteiger charge is -2.19. The maximum Gasteiger partial charge on any atom is 0.267 e. The molecule has 0 aliphatic rings. The quantitative estimate of drug-likeness (QED) is 0.377. The Hall–Kier alpha value is -3.00. The fraction of sp³-hybridized carbons (Fsp3) is 0.235. The third kappa shape index (κ3) is 3.58. The highest BCUT2D eigenvalue weighted by Gasteiger charge is 2.21. The van der Waals surface area contributed by atoms with Gasteiger partial charge in [0.25, 0.3) is 5.91 Å². The minimum absolute atomic E-state index is 0.128. The number of H-pyrrole nitrogens is 1. The zero-order chi connectivity index (χ0) is 18.0. The topological polar surface area (TPSA) is 95.8 Å². The second-order valence-electron chi connectivity index (χ2n) is 6.08. The van der Waals surface area contributed by atoms with E-state index in [0.717, 1.165) is 22.7 Å². The molecule has 0 radical (unpaired) electrons. The van der Waals surface area contributed by atoms with Crippen molar-refractivity contribution in [1.82, 2.24) is 25.5 Å². The maximum absolute atomic E-state index is 13.4. The average molecular weight is 343 g/mol. The molecule has 1 aromatic carbocycles. The van der Waals surface area contributed by atoms with Gasteiger partial charge in [-0.05, 0) is 41.6 Å². The summed E-state index contributed by atoms with van der Waals surface area (Å²) in [7, 11) is 0. The van der Waals surface area contributed by atoms with Gasteiger partial charge in [0.1, 0.15) is 11.5 Å². The first-order chi connectivity index (χ1) is 12.0. The number of fused-ring (bicyclic) bond motifs is 1. The molecule has 1 unspecified atom stereocenters. The van der Waals surface area contributed by atoms with Gasteiger partial charge in [-0.1, -0.05) is 19.1 Å². The summed E-state index contributed by atoms with van der Waals surface area (Å²) in [6.07, 6.45) is 4.31. The monoisotopic (exact) mass is 343 g/mol. The van der Waals surface area contributed by atoms with Crippen LogP contribution in [0.15, 0.2) is 36.5 Å². The molecule has 3 aromatic rings. The lowest BCUT2D eigenvalue weighted by Crippen LogP contribution is -2.17. The predicted molar refractivity (Wildman–Crippen MR) is 90.2 cm³/mol. The number of aromatic nitrogens is 4. The summed E-state index contributed by atoms with van der Waals surface area (Å²) >= 11 is 0. The molecule has 0 fully saturated rings. The van der Waals surface area contributed by atoms with E-state index in [1.807, 2.05) is 19.9 Å². The van der Waals surface area contributed by atoms with E-state index in [1.54, 1.807) is 16.9 Å². The Morgan fingerprint density at radius 1 is 1.40 bits per heavy atom. The van der Waals surface area contributed by atoms with Crippen LogP contribution in [0.2, 0.25) is 0 Å². The van der Waals surface area contributed by atoms with Crippen LogP contribution in [-0.4, -0.2) is 31.1 Å². The van der Waals surface area contributed by atoms with Crippen LogP contribution in [0, 0.1) is 11.7 Å². The number of benzene rings is 1. The number of hydrogen-bond donors (Lipinski definition) is 3. The van der Waals surface area contributed by atoms with E-state index in [9.17, 15) is 9.18 Å². The molecule has 0 spiro atoms. The zero-order valence-corrected chi connectivity index (χ0v) is 13.8. The van der Waals surface area contributed by atoms with Gasteiger partial charge >= 0.3 is 0 Å². The first-order valence-corrected chi connectivity index (χ1v) is 7.80. The fourth-order valence-corrected chi connectivity index (χ4v) is 2.79. The number of carbonyl (C=O) groups excluding carboxylic acids is 1. The van der Waals surface area contributed by atoms with Crippen molar-refractivity contribution in [2.45, 2.75) is 19.9 Å². The highest BCUT2D eigenvalue weighted by atomic mass is 19.1. The SMILES string of the molecule is CC(C)C(c1cc2ccc(F)cc2[nH]1)n1cc(/C=C/C(=O)NO)nn1. The Balaban J connectivity index is 1.94. The molecule has 3 rings (SSSR count). The highest BCUT2D eigenvalue weighted by molar-refractivity contribution is 5.90. The molecule has 2 heterocycles. The molecule has 0 bridgehead atoms. The largest absolute Gasteiger partial charge is 0.357 e. The fourth-order valence-electron chi connectivity index (χ4n) is 2.79. The summed E-state index contributed by atoms with van der Waals surface area (Å²) < 4.78 is 15.1. The maximum atomic E-state index is 13.4. The molecule has 8 heteroatoms. The van der Waals surface area contributed by atoms with E-state index in [2.05, 4.69) is 15.3 Å². The van der Waals surface area contributed by atoms with E-state index >= 15 is 0 Å². The van der Waals surface area contributed by atoms with Gasteiger partial charge in [-0.25, -0.2) is 14.6 Å². The number of hydroxylamine groups is 1. The lowest BCUT2D eigenvalue weighted by atomic mass is 10.0. The molecule has 2 aromatic heterocycles. The van der Waals surface area contributed by atoms with Gasteiger partial charge in [0.2, 0.25) is 0 Å². The van der Waals surface area contributed by atoms with Crippen LogP contribution in [0.1, 0.15) is 31.3 Å². The standard InChI is InChI=1S/C17H18FN5O2/c1-10(2)17(15-7-11-3-4-12(18)8-14(11)19-15)23-9-13(20-22-23)5-6-16(24)21-25/h3-10,17,19,25H,1-2H3,(H,21,24)/b6-5+. The molecule has 1 amide bonds. The van der Waals surface area contributed by atoms with Crippen LogP contribution >= 0.6 is 0 Å². The van der Waals surface area contributed by atoms with Crippen LogP contribution in [-0.2, 0) is 4.79 Å². The normalized spacial score (nSPS) is 13.0. The number of carbonyl (C=O) groups is 1. The first kappa shape index (κ1) is 16.8. The Morgan fingerprint density at radius 2 is 2.20 bits per heavy atom. The van der Waals surface area contributed by atoms with Crippen LogP contribution in [0.4, 0.5) is 4.39 Å². The Labute approximate surface area is 143 Å². The molecule has 0 aliphatic carbocycles. The van der Waals surface area contributed by atoms with Gasteiger partial charge in [-0.15, -0.1) is 5.10 Å². The number of rotatable bonds is 5. The van der Waals surface area contributed by atoms with Crippen molar-refractivity contribution in [2.24, 2.45) is 5.92 Å². The van der Waals surface area contributed by atoms with E-state index in [1.165, 1.54) is 23.7 Å². The average Bonchev–Trinajstić information content (AvgIpc) is 3.19. The van der Waals surface area contributed by atoms with Crippen molar-refractivity contribution in [2.75, 3.05) is 0 Å². The summed E-state index contributed by atoms with van der Waals surface area (Å²) in [6.45, 7) is 4.10. The van der Waals surface area contributed by atoms with Gasteiger partial charge in [-0.3, -0.25) is 10.0 Å². The van der Waals surface area contributed by atoms with Crippen molar-refractivity contribution in [1.29, 1.82) is 0 Å². The van der Waals surface area contributed by atoms with E-state index < -0.39 is 5.91 Å². The van der Waals surface area contributed by atoms with E-state index in [0.29, 0.717) is 5.69 Å². The smallest absolute Gasteiger partial charge is 0.267 e. The molecular weight excluding hydrogens is 325 g/mol. The molecule has 0 saturated heterocycles. The number of aromatic amines is 1. The van der Waals surface area contributed by atoms with Gasteiger partial charge < -0.3 is 4.98 Å². The Kier molecular flexibility index (Phi) is 4.62. The summed E-state index contributed by atoms with van der Waals surface area (Å²) in [4.78, 5) is 14.3. The van der Waals surface area contributed by atoms with Crippen LogP contribution in [0.3, 0.4) is 0 Å². The number of amides is 1. The van der Waals surface area contributed by atoms with Crippen molar-refractivity contribution in [3.63, 3.8) is 0 Å². The van der Waals surface area contributed by atoms with Gasteiger partial charge in [0.15, 0.2) is 0 Å². The molecular formula is C17H18FN5O2. The summed E-state index contributed by atoms with van der Waals surface area (Å²) in [5, 5.41) is 17.6. The number of nitrogens with one attached hydrogen (secondary N) is 2. The molecule has 0 aliphatic heterocycles. The first-order valence-electron chi connectivity index (χ1n) is 7.80. The third-order valence-electron chi connectivity index (χ3n) is 3.88. The molecule has 1 atom stereocenters. The van der Waals surface area contributed by atoms with Crippen molar-refractivity contribution < 1.29 is 14.4 Å². The predicted octanol–water partition coefficient (Wildman–Crippen LogP) is 2.66. The molecule has 7 nitrogen and oxygen atoms in total. The van der Waals surface area contributed by atoms with Gasteiger partial charge in [0, 0.05) is 17.3 Å². The lowest BCUT2D eigenvalue weighted by molar-refractivity contribution is -0.124. The molecule has 0 saturated carbocycles. The molecule has 3 N–H and O–H groups in total.